The molecule has 0 aliphatic heterocycles. The molecule has 0 aromatic carbocycles. The molecule has 17 heavy (non-hydrogen) atoms. The maximum absolute atomic E-state index is 12.1. The van der Waals surface area contributed by atoms with Gasteiger partial charge in [-0.3, -0.25) is 9.59 Å². The van der Waals surface area contributed by atoms with Crippen molar-refractivity contribution in [2.24, 2.45) is 11.1 Å². The lowest BCUT2D eigenvalue weighted by Gasteiger charge is -2.26. The molecular weight excluding hydrogens is 216 g/mol. The Labute approximate surface area is 105 Å². The summed E-state index contributed by atoms with van der Waals surface area (Å²) in [6, 6.07) is -0.684. The maximum atomic E-state index is 12.1. The molecule has 2 N–H and O–H groups in total. The van der Waals surface area contributed by atoms with Crippen molar-refractivity contribution >= 4 is 11.7 Å². The Morgan fingerprint density at radius 2 is 1.82 bits per heavy atom. The third-order valence-corrected chi connectivity index (χ3v) is 3.05. The number of hydrogen-bond donors (Lipinski definition) is 1. The Morgan fingerprint density at radius 1 is 1.29 bits per heavy atom. The van der Waals surface area contributed by atoms with Crippen molar-refractivity contribution in [3.8, 4) is 0 Å². The summed E-state index contributed by atoms with van der Waals surface area (Å²) in [5.74, 6) is -0.113. The smallest absolute Gasteiger partial charge is 0.224 e. The van der Waals surface area contributed by atoms with Crippen molar-refractivity contribution in [2.75, 3.05) is 14.1 Å². The zero-order valence-corrected chi connectivity index (χ0v) is 11.7. The Kier molecular flexibility index (Phi) is 6.39. The van der Waals surface area contributed by atoms with Gasteiger partial charge < -0.3 is 10.6 Å². The van der Waals surface area contributed by atoms with Crippen LogP contribution < -0.4 is 5.73 Å². The number of amides is 1. The Hall–Kier alpha value is -0.900. The highest BCUT2D eigenvalue weighted by molar-refractivity contribution is 5.92. The molecule has 4 nitrogen and oxygen atoms in total. The van der Waals surface area contributed by atoms with Crippen LogP contribution in [0.15, 0.2) is 0 Å². The predicted octanol–water partition coefficient (Wildman–Crippen LogP) is 1.58. The summed E-state index contributed by atoms with van der Waals surface area (Å²) in [6.07, 6.45) is 2.99. The number of unbranched alkanes of at least 4 members (excludes halogenated alkanes) is 1. The van der Waals surface area contributed by atoms with E-state index in [1.165, 1.54) is 4.90 Å². The minimum absolute atomic E-state index is 0.0128. The molecule has 4 heteroatoms. The van der Waals surface area contributed by atoms with Crippen LogP contribution in [0.25, 0.3) is 0 Å². The normalized spacial score (nSPS) is 13.3. The van der Waals surface area contributed by atoms with E-state index in [2.05, 4.69) is 6.92 Å². The third kappa shape index (κ3) is 5.31. The molecule has 0 heterocycles. The van der Waals surface area contributed by atoms with Gasteiger partial charge in [0.25, 0.3) is 0 Å². The second-order valence-corrected chi connectivity index (χ2v) is 5.45. The number of rotatable bonds is 7. The quantitative estimate of drug-likeness (QED) is 0.737. The van der Waals surface area contributed by atoms with Crippen molar-refractivity contribution in [1.29, 1.82) is 0 Å². The lowest BCUT2D eigenvalue weighted by molar-refractivity contribution is -0.135. The molecule has 0 aliphatic carbocycles. The van der Waals surface area contributed by atoms with Gasteiger partial charge in [-0.1, -0.05) is 33.6 Å². The standard InChI is InChI=1S/C13H26N2O2/c1-6-7-8-13(2,3)12(17)10(14)9-11(16)15(4)5/h10H,6-9,14H2,1-5H3. The summed E-state index contributed by atoms with van der Waals surface area (Å²) in [5, 5.41) is 0. The van der Waals surface area contributed by atoms with Crippen LogP contribution >= 0.6 is 0 Å². The Bertz CT molecular complexity index is 273. The molecule has 100 valence electrons. The average Bonchev–Trinajstić information content (AvgIpc) is 2.24. The zero-order chi connectivity index (χ0) is 13.6. The average molecular weight is 242 g/mol. The van der Waals surface area contributed by atoms with Crippen molar-refractivity contribution in [2.45, 2.75) is 52.5 Å². The summed E-state index contributed by atoms with van der Waals surface area (Å²) >= 11 is 0. The van der Waals surface area contributed by atoms with E-state index in [0.717, 1.165) is 19.3 Å². The van der Waals surface area contributed by atoms with Crippen LogP contribution in [-0.2, 0) is 9.59 Å². The van der Waals surface area contributed by atoms with Gasteiger partial charge in [-0.2, -0.15) is 0 Å². The van der Waals surface area contributed by atoms with E-state index in [1.807, 2.05) is 13.8 Å². The predicted molar refractivity (Wildman–Crippen MR) is 69.6 cm³/mol. The van der Waals surface area contributed by atoms with Crippen molar-refractivity contribution < 1.29 is 9.59 Å². The van der Waals surface area contributed by atoms with Gasteiger partial charge in [-0.15, -0.1) is 0 Å². The number of carbonyl (C=O) groups excluding carboxylic acids is 2. The van der Waals surface area contributed by atoms with Crippen LogP contribution in [0.2, 0.25) is 0 Å². The molecule has 0 fully saturated rings. The molecule has 1 amide bonds. The van der Waals surface area contributed by atoms with Gasteiger partial charge >= 0.3 is 0 Å². The van der Waals surface area contributed by atoms with E-state index < -0.39 is 11.5 Å². The first-order valence-corrected chi connectivity index (χ1v) is 6.22. The third-order valence-electron chi connectivity index (χ3n) is 3.05. The van der Waals surface area contributed by atoms with Gasteiger partial charge in [0.2, 0.25) is 5.91 Å². The molecular formula is C13H26N2O2. The van der Waals surface area contributed by atoms with Gasteiger partial charge in [-0.05, 0) is 6.42 Å². The van der Waals surface area contributed by atoms with Crippen LogP contribution in [0.4, 0.5) is 0 Å². The fraction of sp³-hybridized carbons (Fsp3) is 0.846. The largest absolute Gasteiger partial charge is 0.349 e. The zero-order valence-electron chi connectivity index (χ0n) is 11.7. The van der Waals surface area contributed by atoms with E-state index in [0.29, 0.717) is 0 Å². The molecule has 0 aromatic heterocycles. The minimum atomic E-state index is -0.684. The van der Waals surface area contributed by atoms with E-state index in [1.54, 1.807) is 14.1 Å². The Morgan fingerprint density at radius 3 is 2.24 bits per heavy atom. The van der Waals surface area contributed by atoms with E-state index in [9.17, 15) is 9.59 Å². The summed E-state index contributed by atoms with van der Waals surface area (Å²) in [6.45, 7) is 5.91. The molecule has 0 saturated heterocycles. The first kappa shape index (κ1) is 16.1. The second-order valence-electron chi connectivity index (χ2n) is 5.45. The number of ketones is 1. The molecule has 0 aliphatic rings. The topological polar surface area (TPSA) is 63.4 Å². The van der Waals surface area contributed by atoms with E-state index >= 15 is 0 Å². The highest BCUT2D eigenvalue weighted by Crippen LogP contribution is 2.26. The maximum Gasteiger partial charge on any atom is 0.224 e. The van der Waals surface area contributed by atoms with E-state index in [-0.39, 0.29) is 18.1 Å². The van der Waals surface area contributed by atoms with Gasteiger partial charge in [0.15, 0.2) is 5.78 Å². The van der Waals surface area contributed by atoms with Crippen molar-refractivity contribution in [3.63, 3.8) is 0 Å². The second kappa shape index (κ2) is 6.74. The molecule has 0 saturated carbocycles. The molecule has 0 spiro atoms. The van der Waals surface area contributed by atoms with E-state index in [4.69, 9.17) is 5.73 Å². The van der Waals surface area contributed by atoms with Crippen LogP contribution in [0, 0.1) is 5.41 Å². The number of carbonyl (C=O) groups is 2. The fourth-order valence-electron chi connectivity index (χ4n) is 1.71. The van der Waals surface area contributed by atoms with Gasteiger partial charge in [0.05, 0.1) is 6.04 Å². The monoisotopic (exact) mass is 242 g/mol. The van der Waals surface area contributed by atoms with Crippen LogP contribution in [0.5, 0.6) is 0 Å². The van der Waals surface area contributed by atoms with Gasteiger partial charge in [0, 0.05) is 25.9 Å². The summed E-state index contributed by atoms with van der Waals surface area (Å²) in [4.78, 5) is 25.1. The molecule has 0 rings (SSSR count). The first-order valence-electron chi connectivity index (χ1n) is 6.22. The van der Waals surface area contributed by atoms with Crippen molar-refractivity contribution in [3.05, 3.63) is 0 Å². The molecule has 1 unspecified atom stereocenters. The molecule has 0 radical (unpaired) electrons. The number of Topliss-reactive ketones (excluding diaryl/α,β-unsaturated/α-hetero) is 1. The highest BCUT2D eigenvalue weighted by atomic mass is 16.2. The van der Waals surface area contributed by atoms with Gasteiger partial charge in [-0.25, -0.2) is 0 Å². The summed E-state index contributed by atoms with van der Waals surface area (Å²) in [5.41, 5.74) is 5.39. The number of hydrogen-bond acceptors (Lipinski definition) is 3. The lowest BCUT2D eigenvalue weighted by atomic mass is 9.79. The van der Waals surface area contributed by atoms with Gasteiger partial charge in [0.1, 0.15) is 0 Å². The molecule has 0 bridgehead atoms. The highest BCUT2D eigenvalue weighted by Gasteiger charge is 2.32. The minimum Gasteiger partial charge on any atom is -0.349 e. The summed E-state index contributed by atoms with van der Waals surface area (Å²) < 4.78 is 0. The first-order chi connectivity index (χ1) is 7.72. The molecule has 0 aromatic rings. The molecule has 1 atom stereocenters. The SMILES string of the molecule is CCCCC(C)(C)C(=O)C(N)CC(=O)N(C)C. The van der Waals surface area contributed by atoms with Crippen LogP contribution in [-0.4, -0.2) is 36.7 Å². The lowest BCUT2D eigenvalue weighted by Crippen LogP contribution is -2.43. The fourth-order valence-corrected chi connectivity index (χ4v) is 1.71. The summed E-state index contributed by atoms with van der Waals surface area (Å²) in [7, 11) is 3.34. The van der Waals surface area contributed by atoms with Crippen molar-refractivity contribution in [1.82, 2.24) is 4.90 Å². The number of nitrogens with zero attached hydrogens (tertiary/aromatic N) is 1. The van der Waals surface area contributed by atoms with Crippen LogP contribution in [0.1, 0.15) is 46.5 Å². The Balaban J connectivity index is 4.43. The van der Waals surface area contributed by atoms with Crippen LogP contribution in [0.3, 0.4) is 0 Å². The number of nitrogens with two attached hydrogens (primary N) is 1.